The van der Waals surface area contributed by atoms with Crippen LogP contribution in [0.25, 0.3) is 0 Å². The lowest BCUT2D eigenvalue weighted by atomic mass is 9.92. The number of rotatable bonds is 2. The fourth-order valence-corrected chi connectivity index (χ4v) is 3.28. The minimum Gasteiger partial charge on any atom is -0.444 e. The SMILES string of the molecule is Cn1cc2c(n1)CCCC2NC(=O)[C@H]1CCN1C(=O)OC(C)(C)C. The number of ether oxygens (including phenoxy) is 1. The highest BCUT2D eigenvalue weighted by Crippen LogP contribution is 2.30. The molecule has 1 aromatic heterocycles. The van der Waals surface area contributed by atoms with Gasteiger partial charge >= 0.3 is 6.09 Å². The number of likely N-dealkylation sites (tertiary alicyclic amines) is 1. The Hall–Kier alpha value is -2.05. The molecule has 0 spiro atoms. The van der Waals surface area contributed by atoms with Crippen molar-refractivity contribution in [1.29, 1.82) is 0 Å². The zero-order valence-electron chi connectivity index (χ0n) is 14.8. The van der Waals surface area contributed by atoms with Gasteiger partial charge in [-0.05, 0) is 46.5 Å². The van der Waals surface area contributed by atoms with E-state index in [0.29, 0.717) is 13.0 Å². The molecule has 1 saturated heterocycles. The predicted octanol–water partition coefficient (Wildman–Crippen LogP) is 1.92. The molecule has 132 valence electrons. The Balaban J connectivity index is 1.63. The molecule has 0 aromatic carbocycles. The first kappa shape index (κ1) is 16.8. The van der Waals surface area contributed by atoms with Crippen molar-refractivity contribution in [2.24, 2.45) is 7.05 Å². The van der Waals surface area contributed by atoms with E-state index in [-0.39, 0.29) is 11.9 Å². The summed E-state index contributed by atoms with van der Waals surface area (Å²) in [5, 5.41) is 7.55. The molecular formula is C17H26N4O3. The fraction of sp³-hybridized carbons (Fsp3) is 0.706. The van der Waals surface area contributed by atoms with Crippen molar-refractivity contribution < 1.29 is 14.3 Å². The second-order valence-corrected chi connectivity index (χ2v) is 7.64. The van der Waals surface area contributed by atoms with Crippen molar-refractivity contribution in [2.75, 3.05) is 6.54 Å². The van der Waals surface area contributed by atoms with Gasteiger partial charge in [-0.1, -0.05) is 0 Å². The Bertz CT molecular complexity index is 647. The van der Waals surface area contributed by atoms with Crippen LogP contribution in [0.1, 0.15) is 57.3 Å². The van der Waals surface area contributed by atoms with E-state index in [0.717, 1.165) is 30.5 Å². The highest BCUT2D eigenvalue weighted by molar-refractivity contribution is 5.87. The van der Waals surface area contributed by atoms with Crippen LogP contribution in [0.3, 0.4) is 0 Å². The Morgan fingerprint density at radius 1 is 1.33 bits per heavy atom. The predicted molar refractivity (Wildman–Crippen MR) is 88.4 cm³/mol. The number of carbonyl (C=O) groups is 2. The molecular weight excluding hydrogens is 308 g/mol. The standard InChI is InChI=1S/C17H26N4O3/c1-17(2,3)24-16(23)21-9-8-14(21)15(22)18-12-6-5-7-13-11(12)10-20(4)19-13/h10,12,14H,5-9H2,1-4H3,(H,18,22)/t12?,14-/m1/s1. The maximum atomic E-state index is 12.6. The molecule has 1 aliphatic carbocycles. The molecule has 1 fully saturated rings. The van der Waals surface area contributed by atoms with Crippen molar-refractivity contribution in [1.82, 2.24) is 20.0 Å². The number of carbonyl (C=O) groups excluding carboxylic acids is 2. The molecule has 1 N–H and O–H groups in total. The number of hydrogen-bond donors (Lipinski definition) is 1. The summed E-state index contributed by atoms with van der Waals surface area (Å²) in [4.78, 5) is 26.3. The Morgan fingerprint density at radius 3 is 2.71 bits per heavy atom. The number of nitrogens with one attached hydrogen (secondary N) is 1. The van der Waals surface area contributed by atoms with Gasteiger partial charge in [0.1, 0.15) is 11.6 Å². The first-order valence-electron chi connectivity index (χ1n) is 8.57. The monoisotopic (exact) mass is 334 g/mol. The van der Waals surface area contributed by atoms with Crippen LogP contribution in [0.2, 0.25) is 0 Å². The summed E-state index contributed by atoms with van der Waals surface area (Å²) >= 11 is 0. The van der Waals surface area contributed by atoms with E-state index >= 15 is 0 Å². The molecule has 1 aliphatic heterocycles. The van der Waals surface area contributed by atoms with Crippen LogP contribution >= 0.6 is 0 Å². The van der Waals surface area contributed by atoms with Gasteiger partial charge in [0, 0.05) is 25.4 Å². The van der Waals surface area contributed by atoms with Gasteiger partial charge in [0.2, 0.25) is 5.91 Å². The fourth-order valence-electron chi connectivity index (χ4n) is 3.28. The second-order valence-electron chi connectivity index (χ2n) is 7.64. The lowest BCUT2D eigenvalue weighted by molar-refractivity contribution is -0.131. The zero-order valence-corrected chi connectivity index (χ0v) is 14.8. The minimum atomic E-state index is -0.554. The Labute approximate surface area is 142 Å². The molecule has 0 saturated carbocycles. The summed E-state index contributed by atoms with van der Waals surface area (Å²) in [7, 11) is 1.90. The molecule has 2 aliphatic rings. The first-order valence-corrected chi connectivity index (χ1v) is 8.57. The van der Waals surface area contributed by atoms with E-state index < -0.39 is 17.7 Å². The van der Waals surface area contributed by atoms with Gasteiger partial charge in [-0.2, -0.15) is 5.10 Å². The van der Waals surface area contributed by atoms with E-state index in [2.05, 4.69) is 10.4 Å². The van der Waals surface area contributed by atoms with E-state index in [4.69, 9.17) is 4.74 Å². The molecule has 7 nitrogen and oxygen atoms in total. The molecule has 0 radical (unpaired) electrons. The van der Waals surface area contributed by atoms with Crippen LogP contribution < -0.4 is 5.32 Å². The van der Waals surface area contributed by atoms with Crippen molar-refractivity contribution in [3.63, 3.8) is 0 Å². The number of nitrogens with zero attached hydrogens (tertiary/aromatic N) is 3. The largest absolute Gasteiger partial charge is 0.444 e. The smallest absolute Gasteiger partial charge is 0.410 e. The molecule has 0 bridgehead atoms. The number of aryl methyl sites for hydroxylation is 2. The molecule has 1 aromatic rings. The lowest BCUT2D eigenvalue weighted by Gasteiger charge is -2.40. The van der Waals surface area contributed by atoms with Gasteiger partial charge < -0.3 is 10.1 Å². The molecule has 2 amide bonds. The number of amides is 2. The van der Waals surface area contributed by atoms with Gasteiger partial charge in [-0.15, -0.1) is 0 Å². The Kier molecular flexibility index (Phi) is 4.27. The molecule has 7 heteroatoms. The van der Waals surface area contributed by atoms with E-state index in [1.165, 1.54) is 4.90 Å². The number of aromatic nitrogens is 2. The average molecular weight is 334 g/mol. The first-order chi connectivity index (χ1) is 11.2. The van der Waals surface area contributed by atoms with Crippen LogP contribution in [0.5, 0.6) is 0 Å². The summed E-state index contributed by atoms with van der Waals surface area (Å²) in [5.41, 5.74) is 1.61. The average Bonchev–Trinajstić information content (AvgIpc) is 2.76. The van der Waals surface area contributed by atoms with Gasteiger partial charge in [-0.3, -0.25) is 14.4 Å². The number of fused-ring (bicyclic) bond motifs is 1. The van der Waals surface area contributed by atoms with Crippen molar-refractivity contribution in [3.05, 3.63) is 17.5 Å². The van der Waals surface area contributed by atoms with Crippen molar-refractivity contribution in [2.45, 2.75) is 64.1 Å². The van der Waals surface area contributed by atoms with Gasteiger partial charge in [0.15, 0.2) is 0 Å². The maximum absolute atomic E-state index is 12.6. The normalized spacial score (nSPS) is 23.2. The third kappa shape index (κ3) is 3.39. The quantitative estimate of drug-likeness (QED) is 0.896. The highest BCUT2D eigenvalue weighted by atomic mass is 16.6. The van der Waals surface area contributed by atoms with Crippen molar-refractivity contribution in [3.8, 4) is 0 Å². The van der Waals surface area contributed by atoms with Crippen molar-refractivity contribution >= 4 is 12.0 Å². The van der Waals surface area contributed by atoms with Crippen LogP contribution in [-0.2, 0) is 23.0 Å². The van der Waals surface area contributed by atoms with Crippen LogP contribution in [0.15, 0.2) is 6.20 Å². The summed E-state index contributed by atoms with van der Waals surface area (Å²) in [6, 6.07) is -0.446. The van der Waals surface area contributed by atoms with Gasteiger partial charge in [-0.25, -0.2) is 4.79 Å². The summed E-state index contributed by atoms with van der Waals surface area (Å²) in [6.45, 7) is 6.04. The molecule has 3 rings (SSSR count). The van der Waals surface area contributed by atoms with Crippen LogP contribution in [0, 0.1) is 0 Å². The number of hydrogen-bond acceptors (Lipinski definition) is 4. The van der Waals surface area contributed by atoms with Gasteiger partial charge in [0.25, 0.3) is 0 Å². The van der Waals surface area contributed by atoms with E-state index in [9.17, 15) is 9.59 Å². The van der Waals surface area contributed by atoms with Crippen LogP contribution in [0.4, 0.5) is 4.79 Å². The van der Waals surface area contributed by atoms with Crippen LogP contribution in [-0.4, -0.2) is 44.9 Å². The molecule has 1 unspecified atom stereocenters. The lowest BCUT2D eigenvalue weighted by Crippen LogP contribution is -2.59. The molecule has 2 atom stereocenters. The minimum absolute atomic E-state index is 0.0176. The molecule has 24 heavy (non-hydrogen) atoms. The third-order valence-electron chi connectivity index (χ3n) is 4.49. The second kappa shape index (κ2) is 6.11. The third-order valence-corrected chi connectivity index (χ3v) is 4.49. The van der Waals surface area contributed by atoms with E-state index in [1.807, 2.05) is 34.0 Å². The summed E-state index contributed by atoms with van der Waals surface area (Å²) in [5.74, 6) is -0.103. The summed E-state index contributed by atoms with van der Waals surface area (Å²) < 4.78 is 7.16. The maximum Gasteiger partial charge on any atom is 0.410 e. The zero-order chi connectivity index (χ0) is 17.5. The topological polar surface area (TPSA) is 76.5 Å². The molecule has 2 heterocycles. The Morgan fingerprint density at radius 2 is 2.08 bits per heavy atom. The highest BCUT2D eigenvalue weighted by Gasteiger charge is 2.40. The summed E-state index contributed by atoms with van der Waals surface area (Å²) in [6.07, 6.45) is 5.11. The van der Waals surface area contributed by atoms with E-state index in [1.54, 1.807) is 4.68 Å². The van der Waals surface area contributed by atoms with Gasteiger partial charge in [0.05, 0.1) is 11.7 Å².